The van der Waals surface area contributed by atoms with Gasteiger partial charge in [-0.3, -0.25) is 4.90 Å². The molecule has 21 heavy (non-hydrogen) atoms. The quantitative estimate of drug-likeness (QED) is 0.871. The Morgan fingerprint density at radius 3 is 2.33 bits per heavy atom. The van der Waals surface area contributed by atoms with Crippen molar-refractivity contribution in [3.05, 3.63) is 29.8 Å². The molecular formula is C17H28N2O2. The van der Waals surface area contributed by atoms with Crippen LogP contribution in [0.4, 0.5) is 5.69 Å². The van der Waals surface area contributed by atoms with E-state index in [9.17, 15) is 5.11 Å². The van der Waals surface area contributed by atoms with Crippen molar-refractivity contribution < 1.29 is 9.84 Å². The molecule has 0 saturated carbocycles. The van der Waals surface area contributed by atoms with Crippen LogP contribution in [0.5, 0.6) is 0 Å². The van der Waals surface area contributed by atoms with Gasteiger partial charge in [-0.15, -0.1) is 0 Å². The molecule has 4 nitrogen and oxygen atoms in total. The summed E-state index contributed by atoms with van der Waals surface area (Å²) in [6.45, 7) is 11.9. The minimum absolute atomic E-state index is 0.649. The van der Waals surface area contributed by atoms with Crippen LogP contribution in [0.1, 0.15) is 26.3 Å². The molecule has 0 bridgehead atoms. The van der Waals surface area contributed by atoms with Gasteiger partial charge in [0.2, 0.25) is 0 Å². The van der Waals surface area contributed by atoms with Crippen molar-refractivity contribution in [2.24, 2.45) is 0 Å². The number of aliphatic hydroxyl groups is 1. The smallest absolute Gasteiger partial charge is 0.0718 e. The van der Waals surface area contributed by atoms with Crippen LogP contribution < -0.4 is 4.90 Å². The van der Waals surface area contributed by atoms with Crippen LogP contribution >= 0.6 is 0 Å². The van der Waals surface area contributed by atoms with E-state index in [2.05, 4.69) is 41.0 Å². The van der Waals surface area contributed by atoms with Gasteiger partial charge >= 0.3 is 0 Å². The summed E-state index contributed by atoms with van der Waals surface area (Å²) in [5, 5.41) is 9.95. The van der Waals surface area contributed by atoms with Crippen molar-refractivity contribution >= 4 is 5.69 Å². The molecule has 1 N–H and O–H groups in total. The lowest BCUT2D eigenvalue weighted by molar-refractivity contribution is 0.0353. The van der Waals surface area contributed by atoms with Gasteiger partial charge in [0, 0.05) is 31.9 Å². The Labute approximate surface area is 128 Å². The fourth-order valence-corrected chi connectivity index (χ4v) is 2.72. The summed E-state index contributed by atoms with van der Waals surface area (Å²) in [6, 6.07) is 8.77. The Morgan fingerprint density at radius 1 is 1.19 bits per heavy atom. The highest BCUT2D eigenvalue weighted by atomic mass is 16.5. The first-order chi connectivity index (χ1) is 9.98. The summed E-state index contributed by atoms with van der Waals surface area (Å²) in [6.07, 6.45) is 0. The predicted molar refractivity (Wildman–Crippen MR) is 86.7 cm³/mol. The molecule has 1 heterocycles. The molecule has 0 radical (unpaired) electrons. The summed E-state index contributed by atoms with van der Waals surface area (Å²) in [5.41, 5.74) is 1.91. The zero-order valence-electron chi connectivity index (χ0n) is 13.5. The summed E-state index contributed by atoms with van der Waals surface area (Å²) in [7, 11) is 0. The van der Waals surface area contributed by atoms with E-state index in [1.54, 1.807) is 0 Å². The van der Waals surface area contributed by atoms with Crippen molar-refractivity contribution in [2.45, 2.75) is 32.9 Å². The second-order valence-electron chi connectivity index (χ2n) is 6.38. The standard InChI is InChI=1S/C17H28N2O2/c1-4-18(14-17(2,3)20)13-15-5-7-16(8-6-15)19-9-11-21-12-10-19/h5-8,20H,4,9-14H2,1-3H3. The number of nitrogens with zero attached hydrogens (tertiary/aromatic N) is 2. The molecule has 0 unspecified atom stereocenters. The summed E-state index contributed by atoms with van der Waals surface area (Å²) in [4.78, 5) is 4.63. The fraction of sp³-hybridized carbons (Fsp3) is 0.647. The molecule has 1 saturated heterocycles. The zero-order valence-corrected chi connectivity index (χ0v) is 13.5. The highest BCUT2D eigenvalue weighted by Crippen LogP contribution is 2.18. The molecule has 1 aliphatic rings. The van der Waals surface area contributed by atoms with Crippen LogP contribution in [0.2, 0.25) is 0 Å². The van der Waals surface area contributed by atoms with E-state index in [4.69, 9.17) is 4.74 Å². The van der Waals surface area contributed by atoms with Crippen LogP contribution in [-0.4, -0.2) is 55.0 Å². The summed E-state index contributed by atoms with van der Waals surface area (Å²) >= 11 is 0. The van der Waals surface area contributed by atoms with Gasteiger partial charge in [-0.2, -0.15) is 0 Å². The molecule has 1 aromatic rings. The van der Waals surface area contributed by atoms with Gasteiger partial charge in [0.25, 0.3) is 0 Å². The van der Waals surface area contributed by atoms with E-state index >= 15 is 0 Å². The Balaban J connectivity index is 1.94. The lowest BCUT2D eigenvalue weighted by Crippen LogP contribution is -2.38. The maximum atomic E-state index is 9.95. The number of rotatable bonds is 6. The van der Waals surface area contributed by atoms with E-state index in [1.165, 1.54) is 11.3 Å². The van der Waals surface area contributed by atoms with E-state index in [1.807, 2.05) is 13.8 Å². The predicted octanol–water partition coefficient (Wildman–Crippen LogP) is 2.12. The molecule has 1 aliphatic heterocycles. The first-order valence-electron chi connectivity index (χ1n) is 7.84. The molecule has 118 valence electrons. The van der Waals surface area contributed by atoms with E-state index in [0.29, 0.717) is 6.54 Å². The molecular weight excluding hydrogens is 264 g/mol. The molecule has 4 heteroatoms. The maximum absolute atomic E-state index is 9.95. The molecule has 1 aromatic carbocycles. The molecule has 2 rings (SSSR count). The van der Waals surface area contributed by atoms with Gasteiger partial charge in [-0.1, -0.05) is 19.1 Å². The van der Waals surface area contributed by atoms with Gasteiger partial charge in [-0.25, -0.2) is 0 Å². The van der Waals surface area contributed by atoms with Crippen molar-refractivity contribution in [1.82, 2.24) is 4.90 Å². The number of hydrogen-bond donors (Lipinski definition) is 1. The minimum Gasteiger partial charge on any atom is -0.389 e. The monoisotopic (exact) mass is 292 g/mol. The SMILES string of the molecule is CCN(Cc1ccc(N2CCOCC2)cc1)CC(C)(C)O. The van der Waals surface area contributed by atoms with E-state index in [0.717, 1.165) is 39.4 Å². The van der Waals surface area contributed by atoms with Gasteiger partial charge < -0.3 is 14.7 Å². The lowest BCUT2D eigenvalue weighted by Gasteiger charge is -2.30. The Hall–Kier alpha value is -1.10. The van der Waals surface area contributed by atoms with Crippen LogP contribution in [0.3, 0.4) is 0 Å². The van der Waals surface area contributed by atoms with Crippen LogP contribution in [0, 0.1) is 0 Å². The summed E-state index contributed by atoms with van der Waals surface area (Å²) in [5.74, 6) is 0. The number of benzene rings is 1. The largest absolute Gasteiger partial charge is 0.389 e. The fourth-order valence-electron chi connectivity index (χ4n) is 2.72. The van der Waals surface area contributed by atoms with Gasteiger partial charge in [-0.05, 0) is 38.1 Å². The normalized spacial score (nSPS) is 16.5. The second kappa shape index (κ2) is 7.25. The topological polar surface area (TPSA) is 35.9 Å². The molecule has 0 amide bonds. The maximum Gasteiger partial charge on any atom is 0.0718 e. The van der Waals surface area contributed by atoms with Gasteiger partial charge in [0.05, 0.1) is 18.8 Å². The number of hydrogen-bond acceptors (Lipinski definition) is 4. The van der Waals surface area contributed by atoms with Crippen molar-refractivity contribution in [1.29, 1.82) is 0 Å². The number of likely N-dealkylation sites (N-methyl/N-ethyl adjacent to an activating group) is 1. The third-order valence-corrected chi connectivity index (χ3v) is 3.78. The van der Waals surface area contributed by atoms with Crippen LogP contribution in [-0.2, 0) is 11.3 Å². The van der Waals surface area contributed by atoms with Crippen molar-refractivity contribution in [3.63, 3.8) is 0 Å². The van der Waals surface area contributed by atoms with Crippen molar-refractivity contribution in [3.8, 4) is 0 Å². The Kier molecular flexibility index (Phi) is 5.62. The first-order valence-corrected chi connectivity index (χ1v) is 7.84. The van der Waals surface area contributed by atoms with E-state index in [-0.39, 0.29) is 0 Å². The Morgan fingerprint density at radius 2 is 1.81 bits per heavy atom. The molecule has 0 atom stereocenters. The summed E-state index contributed by atoms with van der Waals surface area (Å²) < 4.78 is 5.39. The lowest BCUT2D eigenvalue weighted by atomic mass is 10.1. The average molecular weight is 292 g/mol. The van der Waals surface area contributed by atoms with Crippen LogP contribution in [0.25, 0.3) is 0 Å². The van der Waals surface area contributed by atoms with E-state index < -0.39 is 5.60 Å². The first kappa shape index (κ1) is 16.3. The Bertz CT molecular complexity index is 419. The number of morpholine rings is 1. The van der Waals surface area contributed by atoms with Gasteiger partial charge in [0.1, 0.15) is 0 Å². The average Bonchev–Trinajstić information content (AvgIpc) is 2.47. The van der Waals surface area contributed by atoms with Gasteiger partial charge in [0.15, 0.2) is 0 Å². The third kappa shape index (κ3) is 5.30. The molecule has 0 aliphatic carbocycles. The third-order valence-electron chi connectivity index (χ3n) is 3.78. The zero-order chi connectivity index (χ0) is 15.3. The molecule has 1 fully saturated rings. The highest BCUT2D eigenvalue weighted by molar-refractivity contribution is 5.47. The molecule has 0 spiro atoms. The molecule has 0 aromatic heterocycles. The van der Waals surface area contributed by atoms with Crippen LogP contribution in [0.15, 0.2) is 24.3 Å². The van der Waals surface area contributed by atoms with Crippen molar-refractivity contribution in [2.75, 3.05) is 44.3 Å². The number of anilines is 1. The second-order valence-corrected chi connectivity index (χ2v) is 6.38. The minimum atomic E-state index is -0.649. The highest BCUT2D eigenvalue weighted by Gasteiger charge is 2.17. The number of ether oxygens (including phenoxy) is 1.